The first-order valence-electron chi connectivity index (χ1n) is 17.8. The molecule has 0 unspecified atom stereocenters. The first kappa shape index (κ1) is 32.6. The predicted octanol–water partition coefficient (Wildman–Crippen LogP) is 13.2. The van der Waals surface area contributed by atoms with E-state index in [-0.39, 0.29) is 5.41 Å². The largest absolute Gasteiger partial charge is 0.359 e. The average Bonchev–Trinajstić information content (AvgIpc) is 3.42. The van der Waals surface area contributed by atoms with E-state index < -0.39 is 0 Å². The lowest BCUT2D eigenvalue weighted by atomic mass is 9.82. The Balaban J connectivity index is 1.13. The van der Waals surface area contributed by atoms with Crippen LogP contribution in [0.3, 0.4) is 0 Å². The number of anilines is 3. The van der Waals surface area contributed by atoms with E-state index >= 15 is 0 Å². The van der Waals surface area contributed by atoms with Crippen LogP contribution < -0.4 is 10.2 Å². The van der Waals surface area contributed by atoms with Gasteiger partial charge in [0.2, 0.25) is 0 Å². The molecule has 0 heterocycles. The van der Waals surface area contributed by atoms with E-state index in [0.717, 1.165) is 39.6 Å². The lowest BCUT2D eigenvalue weighted by Gasteiger charge is -2.25. The van der Waals surface area contributed by atoms with E-state index in [1.165, 1.54) is 44.2 Å². The molecule has 1 aliphatic rings. The maximum absolute atomic E-state index is 6.31. The van der Waals surface area contributed by atoms with Crippen molar-refractivity contribution in [3.63, 3.8) is 0 Å². The highest BCUT2D eigenvalue weighted by Crippen LogP contribution is 2.49. The van der Waals surface area contributed by atoms with Crippen molar-refractivity contribution in [2.24, 2.45) is 0 Å². The summed E-state index contributed by atoms with van der Waals surface area (Å²) in [6.07, 6.45) is 10.4. The van der Waals surface area contributed by atoms with Gasteiger partial charge in [0.05, 0.1) is 5.70 Å². The van der Waals surface area contributed by atoms with Crippen LogP contribution in [-0.4, -0.2) is 0 Å². The minimum atomic E-state index is -0.0580. The van der Waals surface area contributed by atoms with Crippen molar-refractivity contribution in [2.75, 3.05) is 10.2 Å². The van der Waals surface area contributed by atoms with Crippen molar-refractivity contribution in [2.45, 2.75) is 26.2 Å². The van der Waals surface area contributed by atoms with E-state index in [4.69, 9.17) is 6.42 Å². The van der Waals surface area contributed by atoms with Crippen molar-refractivity contribution in [3.8, 4) is 45.7 Å². The summed E-state index contributed by atoms with van der Waals surface area (Å²) in [5, 5.41) is 6.09. The molecule has 0 atom stereocenters. The van der Waals surface area contributed by atoms with Crippen molar-refractivity contribution in [1.82, 2.24) is 0 Å². The van der Waals surface area contributed by atoms with Crippen LogP contribution in [0.25, 0.3) is 44.2 Å². The quantitative estimate of drug-likeness (QED) is 0.128. The number of nitrogens with zero attached hydrogens (tertiary/aromatic N) is 1. The number of fused-ring (bicyclic) bond motifs is 4. The lowest BCUT2D eigenvalue weighted by molar-refractivity contribution is 0.660. The maximum Gasteiger partial charge on any atom is 0.0967 e. The van der Waals surface area contributed by atoms with Gasteiger partial charge in [-0.05, 0) is 111 Å². The minimum Gasteiger partial charge on any atom is -0.359 e. The third kappa shape index (κ3) is 6.08. The van der Waals surface area contributed by atoms with Gasteiger partial charge in [-0.3, -0.25) is 0 Å². The number of allylic oxidation sites excluding steroid dienone is 4. The third-order valence-electron chi connectivity index (χ3n) is 10.3. The molecule has 7 aromatic carbocycles. The SMILES string of the molecule is C#C/C(=C\C=C(/C)Nc1ccc2c(c1)C(C)(C)c1ccccc1-2)N(c1ccc(-c2ccccc2)cc1)c1ccc(-c2cccc3ccccc23)cc1. The van der Waals surface area contributed by atoms with Crippen LogP contribution in [0.2, 0.25) is 0 Å². The molecule has 0 aromatic heterocycles. The zero-order valence-electron chi connectivity index (χ0n) is 29.8. The van der Waals surface area contributed by atoms with Crippen LogP contribution in [0.1, 0.15) is 31.9 Å². The van der Waals surface area contributed by atoms with Crippen molar-refractivity contribution < 1.29 is 0 Å². The number of benzene rings is 7. The van der Waals surface area contributed by atoms with E-state index in [2.05, 4.69) is 201 Å². The fraction of sp³-hybridized carbons (Fsp3) is 0.0800. The Morgan fingerprint density at radius 3 is 1.92 bits per heavy atom. The highest BCUT2D eigenvalue weighted by molar-refractivity contribution is 5.97. The molecular formula is C50H40N2. The van der Waals surface area contributed by atoms with Gasteiger partial charge in [0.1, 0.15) is 0 Å². The number of nitrogens with one attached hydrogen (secondary N) is 1. The molecule has 0 radical (unpaired) electrons. The summed E-state index contributed by atoms with van der Waals surface area (Å²) in [6, 6.07) is 58.2. The summed E-state index contributed by atoms with van der Waals surface area (Å²) in [4.78, 5) is 2.15. The fourth-order valence-electron chi connectivity index (χ4n) is 7.57. The minimum absolute atomic E-state index is 0.0580. The highest BCUT2D eigenvalue weighted by atomic mass is 15.1. The number of terminal acetylenes is 1. The molecule has 250 valence electrons. The van der Waals surface area contributed by atoms with Gasteiger partial charge in [-0.2, -0.15) is 0 Å². The molecule has 7 aromatic rings. The van der Waals surface area contributed by atoms with Gasteiger partial charge >= 0.3 is 0 Å². The molecule has 0 saturated heterocycles. The maximum atomic E-state index is 6.31. The smallest absolute Gasteiger partial charge is 0.0967 e. The highest BCUT2D eigenvalue weighted by Gasteiger charge is 2.35. The Morgan fingerprint density at radius 1 is 0.577 bits per heavy atom. The predicted molar refractivity (Wildman–Crippen MR) is 222 cm³/mol. The molecule has 0 aliphatic heterocycles. The van der Waals surface area contributed by atoms with Gasteiger partial charge in [-0.1, -0.05) is 147 Å². The van der Waals surface area contributed by atoms with Gasteiger partial charge < -0.3 is 10.2 Å². The van der Waals surface area contributed by atoms with Crippen LogP contribution >= 0.6 is 0 Å². The lowest BCUT2D eigenvalue weighted by Crippen LogP contribution is -2.15. The molecule has 52 heavy (non-hydrogen) atoms. The van der Waals surface area contributed by atoms with E-state index in [9.17, 15) is 0 Å². The molecule has 0 amide bonds. The molecule has 0 fully saturated rings. The van der Waals surface area contributed by atoms with Gasteiger partial charge in [-0.25, -0.2) is 0 Å². The van der Waals surface area contributed by atoms with Gasteiger partial charge in [0.25, 0.3) is 0 Å². The second-order valence-electron chi connectivity index (χ2n) is 13.9. The second-order valence-corrected chi connectivity index (χ2v) is 13.9. The van der Waals surface area contributed by atoms with E-state index in [1.807, 2.05) is 12.1 Å². The Morgan fingerprint density at radius 2 is 1.17 bits per heavy atom. The molecule has 1 N–H and O–H groups in total. The number of hydrogen-bond acceptors (Lipinski definition) is 2. The van der Waals surface area contributed by atoms with Crippen LogP contribution in [0.15, 0.2) is 187 Å². The fourth-order valence-corrected chi connectivity index (χ4v) is 7.57. The van der Waals surface area contributed by atoms with Crippen LogP contribution in [0.5, 0.6) is 0 Å². The summed E-state index contributed by atoms with van der Waals surface area (Å²) in [5.41, 5.74) is 14.7. The Labute approximate surface area is 307 Å². The topological polar surface area (TPSA) is 15.3 Å². The molecule has 0 saturated carbocycles. The summed E-state index contributed by atoms with van der Waals surface area (Å²) < 4.78 is 0. The zero-order chi connectivity index (χ0) is 35.7. The summed E-state index contributed by atoms with van der Waals surface area (Å²) in [6.45, 7) is 6.69. The second kappa shape index (κ2) is 13.6. The molecule has 8 rings (SSSR count). The normalized spacial score (nSPS) is 13.3. The zero-order valence-corrected chi connectivity index (χ0v) is 29.8. The molecular weight excluding hydrogens is 629 g/mol. The van der Waals surface area contributed by atoms with Crippen LogP contribution in [0, 0.1) is 12.3 Å². The number of rotatable bonds is 8. The first-order valence-corrected chi connectivity index (χ1v) is 17.8. The molecule has 2 nitrogen and oxygen atoms in total. The molecule has 1 aliphatic carbocycles. The molecule has 2 heteroatoms. The van der Waals surface area contributed by atoms with Crippen molar-refractivity contribution >= 4 is 27.8 Å². The Bertz CT molecular complexity index is 2510. The van der Waals surface area contributed by atoms with Gasteiger partial charge in [0, 0.05) is 28.2 Å². The van der Waals surface area contributed by atoms with Crippen LogP contribution in [-0.2, 0) is 5.41 Å². The van der Waals surface area contributed by atoms with Crippen LogP contribution in [0.4, 0.5) is 17.1 Å². The number of hydrogen-bond donors (Lipinski definition) is 1. The van der Waals surface area contributed by atoms with E-state index in [1.54, 1.807) is 0 Å². The Kier molecular flexibility index (Phi) is 8.55. The van der Waals surface area contributed by atoms with E-state index in [0.29, 0.717) is 0 Å². The average molecular weight is 669 g/mol. The molecule has 0 bridgehead atoms. The summed E-state index contributed by atoms with van der Waals surface area (Å²) in [7, 11) is 0. The Hall–Kier alpha value is -6.56. The molecule has 0 spiro atoms. The van der Waals surface area contributed by atoms with Crippen molar-refractivity contribution in [1.29, 1.82) is 0 Å². The first-order chi connectivity index (χ1) is 25.4. The summed E-state index contributed by atoms with van der Waals surface area (Å²) in [5.74, 6) is 3.00. The standard InChI is InChI=1S/C50H40N2/c1-5-41(28-22-35(2)51-40-27-33-47-46-19-11-12-21-48(46)50(3,4)49(47)34-40)52(42-29-23-37(24-30-42)36-14-7-6-8-15-36)43-31-25-39(26-32-43)45-20-13-17-38-16-9-10-18-44(38)45/h1,6-34,51H,2-4H3/b35-22+,41-28+. The third-order valence-corrected chi connectivity index (χ3v) is 10.3. The summed E-state index contributed by atoms with van der Waals surface area (Å²) >= 11 is 0. The van der Waals surface area contributed by atoms with Gasteiger partial charge in [-0.15, -0.1) is 6.42 Å². The van der Waals surface area contributed by atoms with Crippen molar-refractivity contribution in [3.05, 3.63) is 198 Å². The van der Waals surface area contributed by atoms with Gasteiger partial charge in [0.15, 0.2) is 0 Å². The monoisotopic (exact) mass is 668 g/mol.